The number of nitrogens with zero attached hydrogens (tertiary/aromatic N) is 4. The second-order valence-electron chi connectivity index (χ2n) is 7.31. The molecule has 3 heterocycles. The molecule has 0 saturated carbocycles. The van der Waals surface area contributed by atoms with E-state index in [0.29, 0.717) is 37.0 Å². The van der Waals surface area contributed by atoms with Crippen LogP contribution in [0.25, 0.3) is 0 Å². The summed E-state index contributed by atoms with van der Waals surface area (Å²) in [4.78, 5) is 4.52. The predicted octanol–water partition coefficient (Wildman–Crippen LogP) is 3.31. The largest absolute Gasteiger partial charge is 0.367 e. The first-order valence-corrected chi connectivity index (χ1v) is 11.3. The Hall–Kier alpha value is -2.56. The molecule has 1 unspecified atom stereocenters. The zero-order valence-corrected chi connectivity index (χ0v) is 17.8. The van der Waals surface area contributed by atoms with Crippen LogP contribution in [0.4, 0.5) is 0 Å². The molecular formula is C20H24N4O5S. The lowest BCUT2D eigenvalue weighted by Crippen LogP contribution is -2.39. The topological polar surface area (TPSA) is 112 Å². The summed E-state index contributed by atoms with van der Waals surface area (Å²) in [5.74, 6) is 0.949. The average Bonchev–Trinajstić information content (AvgIpc) is 3.35. The van der Waals surface area contributed by atoms with Crippen molar-refractivity contribution in [2.45, 2.75) is 57.3 Å². The molecule has 30 heavy (non-hydrogen) atoms. The van der Waals surface area contributed by atoms with Gasteiger partial charge in [0.25, 0.3) is 5.89 Å². The van der Waals surface area contributed by atoms with Crippen molar-refractivity contribution in [1.29, 1.82) is 0 Å². The fourth-order valence-electron chi connectivity index (χ4n) is 3.70. The lowest BCUT2D eigenvalue weighted by atomic mass is 10.0. The molecule has 1 saturated heterocycles. The first-order valence-electron chi connectivity index (χ1n) is 9.85. The quantitative estimate of drug-likeness (QED) is 0.559. The summed E-state index contributed by atoms with van der Waals surface area (Å²) in [7, 11) is -3.80. The highest BCUT2D eigenvalue weighted by atomic mass is 32.2. The molecule has 160 valence electrons. The Morgan fingerprint density at radius 2 is 1.90 bits per heavy atom. The van der Waals surface area contributed by atoms with Crippen molar-refractivity contribution in [3.05, 3.63) is 59.1 Å². The number of sulfonamides is 1. The summed E-state index contributed by atoms with van der Waals surface area (Å²) in [6.07, 6.45) is 2.27. The molecule has 3 aromatic rings. The number of benzene rings is 1. The van der Waals surface area contributed by atoms with Crippen LogP contribution in [-0.2, 0) is 28.0 Å². The van der Waals surface area contributed by atoms with Gasteiger partial charge in [-0.25, -0.2) is 8.42 Å². The molecular weight excluding hydrogens is 408 g/mol. The van der Waals surface area contributed by atoms with Gasteiger partial charge in [0.15, 0.2) is 11.6 Å². The minimum absolute atomic E-state index is 0.115. The van der Waals surface area contributed by atoms with Crippen molar-refractivity contribution in [1.82, 2.24) is 19.6 Å². The van der Waals surface area contributed by atoms with E-state index in [2.05, 4.69) is 15.3 Å². The summed E-state index contributed by atoms with van der Waals surface area (Å²) >= 11 is 0. The fraction of sp³-hybridized carbons (Fsp3) is 0.450. The molecule has 0 amide bonds. The molecule has 1 aliphatic rings. The highest BCUT2D eigenvalue weighted by molar-refractivity contribution is 7.89. The van der Waals surface area contributed by atoms with Gasteiger partial charge in [-0.05, 0) is 32.3 Å². The summed E-state index contributed by atoms with van der Waals surface area (Å²) in [6.45, 7) is 4.19. The van der Waals surface area contributed by atoms with Gasteiger partial charge in [-0.3, -0.25) is 0 Å². The van der Waals surface area contributed by atoms with Crippen LogP contribution in [0.3, 0.4) is 0 Å². The van der Waals surface area contributed by atoms with Crippen molar-refractivity contribution in [3.63, 3.8) is 0 Å². The number of hydrogen-bond acceptors (Lipinski definition) is 8. The minimum Gasteiger partial charge on any atom is -0.367 e. The van der Waals surface area contributed by atoms with Gasteiger partial charge in [0.1, 0.15) is 17.2 Å². The Morgan fingerprint density at radius 1 is 1.10 bits per heavy atom. The van der Waals surface area contributed by atoms with Crippen LogP contribution in [0.2, 0.25) is 0 Å². The zero-order chi connectivity index (χ0) is 21.1. The van der Waals surface area contributed by atoms with Gasteiger partial charge in [0.05, 0.1) is 12.6 Å². The van der Waals surface area contributed by atoms with E-state index in [-0.39, 0.29) is 17.3 Å². The third-order valence-corrected chi connectivity index (χ3v) is 7.26. The summed E-state index contributed by atoms with van der Waals surface area (Å²) in [5, 5.41) is 7.83. The molecule has 0 bridgehead atoms. The first-order chi connectivity index (χ1) is 14.5. The van der Waals surface area contributed by atoms with E-state index in [1.807, 2.05) is 30.3 Å². The maximum atomic E-state index is 13.3. The number of aryl methyl sites for hydroxylation is 2. The normalized spacial score (nSPS) is 18.0. The zero-order valence-electron chi connectivity index (χ0n) is 16.9. The first kappa shape index (κ1) is 20.7. The third-order valence-electron chi connectivity index (χ3n) is 5.11. The summed E-state index contributed by atoms with van der Waals surface area (Å²) in [5.41, 5.74) is 1.39. The molecule has 0 N–H and O–H groups in total. The second-order valence-corrected chi connectivity index (χ2v) is 9.13. The Labute approximate surface area is 175 Å². The van der Waals surface area contributed by atoms with E-state index in [1.165, 1.54) is 4.31 Å². The van der Waals surface area contributed by atoms with Crippen LogP contribution in [0.1, 0.15) is 54.0 Å². The molecule has 0 aliphatic carbocycles. The molecule has 10 heteroatoms. The number of aromatic nitrogens is 3. The molecule has 1 aliphatic heterocycles. The monoisotopic (exact) mass is 432 g/mol. The second kappa shape index (κ2) is 8.66. The lowest BCUT2D eigenvalue weighted by molar-refractivity contribution is 0.0850. The van der Waals surface area contributed by atoms with Gasteiger partial charge >= 0.3 is 0 Å². The molecule has 0 spiro atoms. The van der Waals surface area contributed by atoms with Crippen molar-refractivity contribution < 1.29 is 22.2 Å². The van der Waals surface area contributed by atoms with E-state index in [1.54, 1.807) is 13.8 Å². The van der Waals surface area contributed by atoms with E-state index >= 15 is 0 Å². The number of rotatable bonds is 7. The third kappa shape index (κ3) is 4.16. The number of ether oxygens (including phenoxy) is 1. The Kier molecular flexibility index (Phi) is 5.98. The van der Waals surface area contributed by atoms with Gasteiger partial charge in [0, 0.05) is 6.54 Å². The highest BCUT2D eigenvalue weighted by Gasteiger charge is 2.39. The van der Waals surface area contributed by atoms with E-state index < -0.39 is 16.1 Å². The van der Waals surface area contributed by atoms with Crippen LogP contribution in [0.15, 0.2) is 44.3 Å². The smallest absolute Gasteiger partial charge is 0.252 e. The van der Waals surface area contributed by atoms with Gasteiger partial charge in [-0.1, -0.05) is 47.1 Å². The van der Waals surface area contributed by atoms with E-state index in [0.717, 1.165) is 18.4 Å². The van der Waals surface area contributed by atoms with Crippen molar-refractivity contribution >= 4 is 10.0 Å². The Balaban J connectivity index is 1.50. The van der Waals surface area contributed by atoms with E-state index in [4.69, 9.17) is 13.8 Å². The Bertz CT molecular complexity index is 1070. The summed E-state index contributed by atoms with van der Waals surface area (Å²) in [6, 6.07) is 9.28. The molecule has 4 rings (SSSR count). The Morgan fingerprint density at radius 3 is 2.63 bits per heavy atom. The SMILES string of the molecule is Cc1noc(C)c1S(=O)(=O)N1CCCCC1c1noc(COCc2ccccc2)n1. The molecule has 1 fully saturated rings. The molecule has 2 aromatic heterocycles. The van der Waals surface area contributed by atoms with Gasteiger partial charge in [-0.2, -0.15) is 9.29 Å². The van der Waals surface area contributed by atoms with Crippen LogP contribution < -0.4 is 0 Å². The minimum atomic E-state index is -3.80. The maximum absolute atomic E-state index is 13.3. The molecule has 0 radical (unpaired) electrons. The van der Waals surface area contributed by atoms with Crippen LogP contribution in [0.5, 0.6) is 0 Å². The van der Waals surface area contributed by atoms with Gasteiger partial charge in [-0.15, -0.1) is 0 Å². The average molecular weight is 433 g/mol. The number of piperidine rings is 1. The van der Waals surface area contributed by atoms with Crippen molar-refractivity contribution in [2.75, 3.05) is 6.54 Å². The highest BCUT2D eigenvalue weighted by Crippen LogP contribution is 2.35. The van der Waals surface area contributed by atoms with Crippen LogP contribution in [-0.4, -0.2) is 34.6 Å². The lowest BCUT2D eigenvalue weighted by Gasteiger charge is -2.32. The summed E-state index contributed by atoms with van der Waals surface area (Å²) < 4.78 is 44.1. The van der Waals surface area contributed by atoms with Crippen LogP contribution >= 0.6 is 0 Å². The standard InChI is InChI=1S/C20H24N4O5S/c1-14-19(15(2)28-22-14)30(25,26)24-11-7-6-10-17(24)20-21-18(29-23-20)13-27-12-16-8-4-3-5-9-16/h3-5,8-9,17H,6-7,10-13H2,1-2H3. The molecule has 9 nitrogen and oxygen atoms in total. The molecule has 1 aromatic carbocycles. The molecule has 1 atom stereocenters. The maximum Gasteiger partial charge on any atom is 0.252 e. The predicted molar refractivity (Wildman–Crippen MR) is 106 cm³/mol. The van der Waals surface area contributed by atoms with Gasteiger partial charge < -0.3 is 13.8 Å². The fourth-order valence-corrected chi connectivity index (χ4v) is 5.65. The number of hydrogen-bond donors (Lipinski definition) is 0. The van der Waals surface area contributed by atoms with Crippen molar-refractivity contribution in [3.8, 4) is 0 Å². The van der Waals surface area contributed by atoms with Crippen molar-refractivity contribution in [2.24, 2.45) is 0 Å². The van der Waals surface area contributed by atoms with E-state index in [9.17, 15) is 8.42 Å². The van der Waals surface area contributed by atoms with Gasteiger partial charge in [0.2, 0.25) is 10.0 Å². The van der Waals surface area contributed by atoms with Crippen LogP contribution in [0, 0.1) is 13.8 Å².